The Labute approximate surface area is 183 Å². The molecular formula is C22H24BrN3O4. The van der Waals surface area contributed by atoms with Gasteiger partial charge in [0.25, 0.3) is 5.91 Å². The normalized spacial score (nSPS) is 15.9. The number of nitrogens with one attached hydrogen (secondary N) is 2. The molecule has 30 heavy (non-hydrogen) atoms. The van der Waals surface area contributed by atoms with Crippen LogP contribution in [0.4, 0.5) is 5.69 Å². The van der Waals surface area contributed by atoms with Crippen LogP contribution in [0.25, 0.3) is 0 Å². The zero-order valence-corrected chi connectivity index (χ0v) is 18.2. The van der Waals surface area contributed by atoms with Gasteiger partial charge in [-0.1, -0.05) is 22.0 Å². The van der Waals surface area contributed by atoms with Crippen LogP contribution in [-0.2, 0) is 9.59 Å². The summed E-state index contributed by atoms with van der Waals surface area (Å²) in [5, 5.41) is 15.0. The van der Waals surface area contributed by atoms with Gasteiger partial charge in [-0.25, -0.2) is 0 Å². The average molecular weight is 474 g/mol. The number of phenolic OH excluding ortho intramolecular Hbond substituents is 1. The lowest BCUT2D eigenvalue weighted by atomic mass is 10.1. The van der Waals surface area contributed by atoms with E-state index in [0.29, 0.717) is 31.6 Å². The number of nitrogens with zero attached hydrogens (tertiary/aromatic N) is 1. The number of hydrogen-bond acceptors (Lipinski definition) is 4. The summed E-state index contributed by atoms with van der Waals surface area (Å²) in [5.41, 5.74) is 2.21. The fourth-order valence-electron chi connectivity index (χ4n) is 3.32. The van der Waals surface area contributed by atoms with Crippen LogP contribution < -0.4 is 15.5 Å². The van der Waals surface area contributed by atoms with E-state index >= 15 is 0 Å². The van der Waals surface area contributed by atoms with Crippen molar-refractivity contribution in [3.63, 3.8) is 0 Å². The zero-order valence-electron chi connectivity index (χ0n) is 16.7. The Morgan fingerprint density at radius 3 is 2.67 bits per heavy atom. The minimum absolute atomic E-state index is 0.0355. The highest BCUT2D eigenvalue weighted by Crippen LogP contribution is 2.28. The van der Waals surface area contributed by atoms with Crippen molar-refractivity contribution in [3.8, 4) is 5.75 Å². The van der Waals surface area contributed by atoms with Crippen molar-refractivity contribution in [2.75, 3.05) is 24.5 Å². The van der Waals surface area contributed by atoms with Crippen molar-refractivity contribution in [1.29, 1.82) is 0 Å². The van der Waals surface area contributed by atoms with Gasteiger partial charge in [-0.2, -0.15) is 0 Å². The van der Waals surface area contributed by atoms with Crippen molar-refractivity contribution in [3.05, 3.63) is 58.1 Å². The van der Waals surface area contributed by atoms with Gasteiger partial charge in [0.2, 0.25) is 11.8 Å². The largest absolute Gasteiger partial charge is 0.508 e. The van der Waals surface area contributed by atoms with E-state index < -0.39 is 0 Å². The number of carbonyl (C=O) groups excluding carboxylic acids is 3. The molecule has 1 aliphatic heterocycles. The van der Waals surface area contributed by atoms with Crippen LogP contribution in [-0.4, -0.2) is 42.5 Å². The van der Waals surface area contributed by atoms with Crippen LogP contribution in [0.15, 0.2) is 46.9 Å². The Balaban J connectivity index is 1.41. The first-order valence-corrected chi connectivity index (χ1v) is 10.6. The van der Waals surface area contributed by atoms with Crippen molar-refractivity contribution in [2.45, 2.75) is 19.8 Å². The molecule has 0 saturated carbocycles. The second-order valence-electron chi connectivity index (χ2n) is 7.29. The summed E-state index contributed by atoms with van der Waals surface area (Å²) in [6.45, 7) is 3.11. The summed E-state index contributed by atoms with van der Waals surface area (Å²) in [6, 6.07) is 11.8. The van der Waals surface area contributed by atoms with E-state index in [2.05, 4.69) is 26.6 Å². The molecule has 1 aliphatic rings. The number of phenols is 1. The van der Waals surface area contributed by atoms with Gasteiger partial charge in [-0.15, -0.1) is 0 Å². The first-order valence-electron chi connectivity index (χ1n) is 9.76. The third kappa shape index (κ3) is 5.38. The number of aryl methyl sites for hydroxylation is 1. The Bertz CT molecular complexity index is 963. The maximum absolute atomic E-state index is 12.4. The third-order valence-corrected chi connectivity index (χ3v) is 5.89. The zero-order chi connectivity index (χ0) is 21.7. The van der Waals surface area contributed by atoms with Gasteiger partial charge >= 0.3 is 0 Å². The van der Waals surface area contributed by atoms with E-state index in [1.165, 1.54) is 12.1 Å². The number of benzene rings is 2. The van der Waals surface area contributed by atoms with Crippen molar-refractivity contribution in [1.82, 2.24) is 10.6 Å². The minimum Gasteiger partial charge on any atom is -0.508 e. The number of amides is 3. The highest BCUT2D eigenvalue weighted by Gasteiger charge is 2.35. The lowest BCUT2D eigenvalue weighted by Crippen LogP contribution is -2.35. The first kappa shape index (κ1) is 21.8. The standard InChI is InChI=1S/C22H24BrN3O4/c1-14-10-17(6-7-19(14)23)26-13-16(12-20(26)28)22(30)25-9-3-8-24-21(29)15-4-2-5-18(27)11-15/h2,4-7,10-11,16,27H,3,8-9,12-13H2,1H3,(H,24,29)(H,25,30). The number of carbonyl (C=O) groups is 3. The summed E-state index contributed by atoms with van der Waals surface area (Å²) in [5.74, 6) is -0.843. The SMILES string of the molecule is Cc1cc(N2CC(C(=O)NCCCNC(=O)c3cccc(O)c3)CC2=O)ccc1Br. The topological polar surface area (TPSA) is 98.7 Å². The number of aromatic hydroxyl groups is 1. The Morgan fingerprint density at radius 2 is 1.93 bits per heavy atom. The van der Waals surface area contributed by atoms with E-state index in [0.717, 1.165) is 15.7 Å². The molecule has 8 heteroatoms. The predicted molar refractivity (Wildman–Crippen MR) is 117 cm³/mol. The summed E-state index contributed by atoms with van der Waals surface area (Å²) >= 11 is 3.45. The highest BCUT2D eigenvalue weighted by molar-refractivity contribution is 9.10. The van der Waals surface area contributed by atoms with Gasteiger partial charge in [-0.05, 0) is 55.3 Å². The fraction of sp³-hybridized carbons (Fsp3) is 0.318. The molecule has 1 unspecified atom stereocenters. The Kier molecular flexibility index (Phi) is 7.10. The lowest BCUT2D eigenvalue weighted by molar-refractivity contribution is -0.126. The lowest BCUT2D eigenvalue weighted by Gasteiger charge is -2.17. The molecule has 1 saturated heterocycles. The van der Waals surface area contributed by atoms with Gasteiger partial charge in [0.1, 0.15) is 5.75 Å². The van der Waals surface area contributed by atoms with Crippen LogP contribution in [0.2, 0.25) is 0 Å². The fourth-order valence-corrected chi connectivity index (χ4v) is 3.57. The molecule has 3 N–H and O–H groups in total. The molecule has 0 bridgehead atoms. The summed E-state index contributed by atoms with van der Waals surface area (Å²) < 4.78 is 0.975. The monoisotopic (exact) mass is 473 g/mol. The number of rotatable bonds is 7. The molecule has 0 aliphatic carbocycles. The number of halogens is 1. The molecule has 0 radical (unpaired) electrons. The molecule has 1 heterocycles. The van der Waals surface area contributed by atoms with Crippen molar-refractivity contribution in [2.24, 2.45) is 5.92 Å². The quantitative estimate of drug-likeness (QED) is 0.538. The van der Waals surface area contributed by atoms with E-state index in [4.69, 9.17) is 0 Å². The third-order valence-electron chi connectivity index (χ3n) is 5.00. The molecule has 158 valence electrons. The van der Waals surface area contributed by atoms with Gasteiger partial charge in [0, 0.05) is 41.8 Å². The second-order valence-corrected chi connectivity index (χ2v) is 8.14. The van der Waals surface area contributed by atoms with E-state index in [1.54, 1.807) is 17.0 Å². The number of anilines is 1. The molecule has 3 rings (SSSR count). The molecule has 0 aromatic heterocycles. The first-order chi connectivity index (χ1) is 14.3. The van der Waals surface area contributed by atoms with Crippen molar-refractivity contribution >= 4 is 39.3 Å². The van der Waals surface area contributed by atoms with Crippen LogP contribution in [0.1, 0.15) is 28.8 Å². The maximum Gasteiger partial charge on any atom is 0.251 e. The molecule has 3 amide bonds. The van der Waals surface area contributed by atoms with E-state index in [9.17, 15) is 19.5 Å². The van der Waals surface area contributed by atoms with Gasteiger partial charge in [0.15, 0.2) is 0 Å². The van der Waals surface area contributed by atoms with Crippen molar-refractivity contribution < 1.29 is 19.5 Å². The average Bonchev–Trinajstić information content (AvgIpc) is 3.11. The molecule has 2 aromatic carbocycles. The maximum atomic E-state index is 12.4. The molecule has 7 nitrogen and oxygen atoms in total. The minimum atomic E-state index is -0.386. The summed E-state index contributed by atoms with van der Waals surface area (Å²) in [4.78, 5) is 38.4. The second kappa shape index (κ2) is 9.75. The van der Waals surface area contributed by atoms with Crippen LogP contribution in [0.5, 0.6) is 5.75 Å². The van der Waals surface area contributed by atoms with Crippen LogP contribution in [0, 0.1) is 12.8 Å². The predicted octanol–water partition coefficient (Wildman–Crippen LogP) is 2.75. The van der Waals surface area contributed by atoms with E-state index in [1.807, 2.05) is 25.1 Å². The van der Waals surface area contributed by atoms with Gasteiger partial charge in [-0.3, -0.25) is 14.4 Å². The molecule has 0 spiro atoms. The molecule has 1 atom stereocenters. The van der Waals surface area contributed by atoms with Crippen LogP contribution >= 0.6 is 15.9 Å². The molecule has 1 fully saturated rings. The van der Waals surface area contributed by atoms with Crippen LogP contribution in [0.3, 0.4) is 0 Å². The molecular weight excluding hydrogens is 450 g/mol. The summed E-state index contributed by atoms with van der Waals surface area (Å²) in [7, 11) is 0. The number of hydrogen-bond donors (Lipinski definition) is 3. The molecule has 2 aromatic rings. The van der Waals surface area contributed by atoms with E-state index in [-0.39, 0.29) is 35.8 Å². The smallest absolute Gasteiger partial charge is 0.251 e. The van der Waals surface area contributed by atoms with Gasteiger partial charge in [0.05, 0.1) is 5.92 Å². The van der Waals surface area contributed by atoms with Gasteiger partial charge < -0.3 is 20.6 Å². The Hall–Kier alpha value is -2.87. The Morgan fingerprint density at radius 1 is 1.17 bits per heavy atom. The highest BCUT2D eigenvalue weighted by atomic mass is 79.9. The summed E-state index contributed by atoms with van der Waals surface area (Å²) in [6.07, 6.45) is 0.752.